The molecule has 1 amide bonds. The number of anilines is 2. The van der Waals surface area contributed by atoms with Crippen molar-refractivity contribution in [3.8, 4) is 0 Å². The van der Waals surface area contributed by atoms with Crippen molar-refractivity contribution in [2.75, 3.05) is 35.9 Å². The van der Waals surface area contributed by atoms with Crippen molar-refractivity contribution in [1.29, 1.82) is 0 Å². The van der Waals surface area contributed by atoms with Crippen LogP contribution in [0, 0.1) is 0 Å². The van der Waals surface area contributed by atoms with E-state index < -0.39 is 10.0 Å². The number of nitrogens with zero attached hydrogens (tertiary/aromatic N) is 2. The van der Waals surface area contributed by atoms with E-state index in [2.05, 4.69) is 5.32 Å². The minimum absolute atomic E-state index is 0.231. The maximum atomic E-state index is 12.9. The number of hydrogen-bond acceptors (Lipinski definition) is 4. The van der Waals surface area contributed by atoms with Crippen LogP contribution in [-0.2, 0) is 14.8 Å². The highest BCUT2D eigenvalue weighted by atomic mass is 32.2. The molecule has 0 bridgehead atoms. The molecule has 4 rings (SSSR count). The van der Waals surface area contributed by atoms with Crippen molar-refractivity contribution < 1.29 is 13.2 Å². The van der Waals surface area contributed by atoms with Gasteiger partial charge >= 0.3 is 0 Å². The molecule has 0 fully saturated rings. The van der Waals surface area contributed by atoms with Gasteiger partial charge in [-0.2, -0.15) is 0 Å². The average Bonchev–Trinajstić information content (AvgIpc) is 2.92. The van der Waals surface area contributed by atoms with E-state index in [4.69, 9.17) is 0 Å². The van der Waals surface area contributed by atoms with Gasteiger partial charge in [0.05, 0.1) is 10.6 Å². The monoisotopic (exact) mass is 395 g/mol. The minimum atomic E-state index is -3.72. The Labute approximate surface area is 164 Å². The lowest BCUT2D eigenvalue weighted by atomic mass is 10.1. The van der Waals surface area contributed by atoms with Crippen molar-refractivity contribution in [2.45, 2.75) is 4.90 Å². The van der Waals surface area contributed by atoms with Gasteiger partial charge in [0.1, 0.15) is 6.54 Å². The number of carbonyl (C=O) groups is 1. The second-order valence-corrected chi connectivity index (χ2v) is 8.58. The van der Waals surface area contributed by atoms with Gasteiger partial charge in [0, 0.05) is 31.2 Å². The first-order valence-corrected chi connectivity index (χ1v) is 10.5. The number of rotatable bonds is 6. The Balaban J connectivity index is 1.43. The second kappa shape index (κ2) is 7.16. The molecule has 3 aromatic carbocycles. The molecule has 28 heavy (non-hydrogen) atoms. The molecular formula is C21H21N3O3S. The Morgan fingerprint density at radius 1 is 1.00 bits per heavy atom. The van der Waals surface area contributed by atoms with E-state index in [1.165, 1.54) is 4.31 Å². The zero-order valence-corrected chi connectivity index (χ0v) is 16.3. The van der Waals surface area contributed by atoms with Gasteiger partial charge in [-0.1, -0.05) is 42.5 Å². The number of nitrogens with one attached hydrogen (secondary N) is 1. The molecule has 144 valence electrons. The third-order valence-electron chi connectivity index (χ3n) is 4.93. The van der Waals surface area contributed by atoms with Gasteiger partial charge in [0.25, 0.3) is 10.0 Å². The summed E-state index contributed by atoms with van der Waals surface area (Å²) in [5, 5.41) is 4.35. The van der Waals surface area contributed by atoms with E-state index in [0.29, 0.717) is 24.2 Å². The molecule has 1 aliphatic rings. The van der Waals surface area contributed by atoms with E-state index >= 15 is 0 Å². The molecule has 0 spiro atoms. The van der Waals surface area contributed by atoms with Crippen LogP contribution >= 0.6 is 0 Å². The van der Waals surface area contributed by atoms with Crippen LogP contribution in [0.25, 0.3) is 10.8 Å². The fourth-order valence-electron chi connectivity index (χ4n) is 3.49. The molecule has 0 saturated carbocycles. The third kappa shape index (κ3) is 3.18. The molecule has 3 aromatic rings. The van der Waals surface area contributed by atoms with E-state index in [-0.39, 0.29) is 17.3 Å². The number of amides is 1. The van der Waals surface area contributed by atoms with Crippen molar-refractivity contribution in [1.82, 2.24) is 5.32 Å². The molecule has 0 unspecified atom stereocenters. The number of carbonyl (C=O) groups excluding carboxylic acids is 1. The smallest absolute Gasteiger partial charge is 0.265 e. The van der Waals surface area contributed by atoms with Crippen LogP contribution in [0.15, 0.2) is 71.6 Å². The summed E-state index contributed by atoms with van der Waals surface area (Å²) in [6.07, 6.45) is 0. The lowest BCUT2D eigenvalue weighted by Gasteiger charge is -2.21. The summed E-state index contributed by atoms with van der Waals surface area (Å²) in [6.45, 7) is 0.818. The molecule has 0 atom stereocenters. The topological polar surface area (TPSA) is 69.7 Å². The zero-order valence-electron chi connectivity index (χ0n) is 15.5. The van der Waals surface area contributed by atoms with Crippen LogP contribution in [-0.4, -0.2) is 41.0 Å². The second-order valence-electron chi connectivity index (χ2n) is 6.75. The summed E-state index contributed by atoms with van der Waals surface area (Å²) in [5.41, 5.74) is 1.62. The van der Waals surface area contributed by atoms with Crippen LogP contribution in [0.3, 0.4) is 0 Å². The maximum absolute atomic E-state index is 12.9. The fraction of sp³-hybridized carbons (Fsp3) is 0.190. The van der Waals surface area contributed by atoms with E-state index in [1.807, 2.05) is 60.5 Å². The SMILES string of the molecule is CN(CCNC(=O)CN1c2cccc3cccc(c23)S1(=O)=O)c1ccccc1. The predicted molar refractivity (Wildman–Crippen MR) is 111 cm³/mol. The number of para-hydroxylation sites is 1. The molecule has 0 aromatic heterocycles. The van der Waals surface area contributed by atoms with Gasteiger partial charge in [-0.15, -0.1) is 0 Å². The molecule has 1 N–H and O–H groups in total. The first-order valence-electron chi connectivity index (χ1n) is 9.06. The standard InChI is InChI=1S/C21H21N3O3S/c1-23(17-9-3-2-4-10-17)14-13-22-20(25)15-24-18-11-5-7-16-8-6-12-19(21(16)18)28(24,26)27/h2-12H,13-15H2,1H3,(H,22,25). The lowest BCUT2D eigenvalue weighted by molar-refractivity contribution is -0.119. The molecule has 6 nitrogen and oxygen atoms in total. The highest BCUT2D eigenvalue weighted by molar-refractivity contribution is 7.93. The van der Waals surface area contributed by atoms with Gasteiger partial charge in [-0.3, -0.25) is 9.10 Å². The Morgan fingerprint density at radius 2 is 1.71 bits per heavy atom. The summed E-state index contributed by atoms with van der Waals surface area (Å²) in [5.74, 6) is -0.324. The summed E-state index contributed by atoms with van der Waals surface area (Å²) in [7, 11) is -1.77. The first-order chi connectivity index (χ1) is 13.5. The Morgan fingerprint density at radius 3 is 2.46 bits per heavy atom. The van der Waals surface area contributed by atoms with Gasteiger partial charge in [0.2, 0.25) is 5.91 Å². The number of benzene rings is 3. The lowest BCUT2D eigenvalue weighted by Crippen LogP contribution is -2.41. The highest BCUT2D eigenvalue weighted by Crippen LogP contribution is 2.41. The van der Waals surface area contributed by atoms with Gasteiger partial charge < -0.3 is 10.2 Å². The summed E-state index contributed by atoms with van der Waals surface area (Å²) in [4.78, 5) is 14.7. The maximum Gasteiger partial charge on any atom is 0.265 e. The summed E-state index contributed by atoms with van der Waals surface area (Å²) >= 11 is 0. The Kier molecular flexibility index (Phi) is 4.68. The van der Waals surface area contributed by atoms with Crippen molar-refractivity contribution in [3.63, 3.8) is 0 Å². The molecule has 1 aliphatic heterocycles. The summed E-state index contributed by atoms with van der Waals surface area (Å²) in [6, 6.07) is 20.5. The van der Waals surface area contributed by atoms with E-state index in [1.54, 1.807) is 18.2 Å². The minimum Gasteiger partial charge on any atom is -0.373 e. The number of sulfonamides is 1. The highest BCUT2D eigenvalue weighted by Gasteiger charge is 2.36. The largest absolute Gasteiger partial charge is 0.373 e. The summed E-state index contributed by atoms with van der Waals surface area (Å²) < 4.78 is 27.0. The number of likely N-dealkylation sites (N-methyl/N-ethyl adjacent to an activating group) is 1. The van der Waals surface area contributed by atoms with Crippen molar-refractivity contribution in [2.24, 2.45) is 0 Å². The van der Waals surface area contributed by atoms with E-state index in [9.17, 15) is 13.2 Å². The van der Waals surface area contributed by atoms with Crippen LogP contribution in [0.4, 0.5) is 11.4 Å². The van der Waals surface area contributed by atoms with E-state index in [0.717, 1.165) is 11.1 Å². The molecule has 0 saturated heterocycles. The Hall–Kier alpha value is -3.06. The van der Waals surface area contributed by atoms with Gasteiger partial charge in [0.15, 0.2) is 0 Å². The van der Waals surface area contributed by atoms with Crippen LogP contribution in [0.2, 0.25) is 0 Å². The molecule has 7 heteroatoms. The zero-order chi connectivity index (χ0) is 19.7. The van der Waals surface area contributed by atoms with Gasteiger partial charge in [-0.25, -0.2) is 8.42 Å². The predicted octanol–water partition coefficient (Wildman–Crippen LogP) is 2.60. The van der Waals surface area contributed by atoms with Crippen LogP contribution in [0.5, 0.6) is 0 Å². The molecule has 0 aliphatic carbocycles. The molecular weight excluding hydrogens is 374 g/mol. The molecule has 1 heterocycles. The molecule has 0 radical (unpaired) electrons. The number of hydrogen-bond donors (Lipinski definition) is 1. The van der Waals surface area contributed by atoms with Gasteiger partial charge in [-0.05, 0) is 29.7 Å². The van der Waals surface area contributed by atoms with Crippen molar-refractivity contribution >= 4 is 38.1 Å². The fourth-order valence-corrected chi connectivity index (χ4v) is 5.16. The first kappa shape index (κ1) is 18.3. The van der Waals surface area contributed by atoms with Crippen LogP contribution < -0.4 is 14.5 Å². The quantitative estimate of drug-likeness (QED) is 0.697. The normalized spacial score (nSPS) is 14.2. The van der Waals surface area contributed by atoms with Crippen LogP contribution in [0.1, 0.15) is 0 Å². The third-order valence-corrected chi connectivity index (χ3v) is 6.74. The van der Waals surface area contributed by atoms with Crippen molar-refractivity contribution in [3.05, 3.63) is 66.7 Å². The Bertz CT molecular complexity index is 1120. The average molecular weight is 395 g/mol.